The Hall–Kier alpha value is -1.56. The summed E-state index contributed by atoms with van der Waals surface area (Å²) in [4.78, 5) is 22.5. The van der Waals surface area contributed by atoms with Crippen molar-refractivity contribution in [1.82, 2.24) is 5.32 Å². The summed E-state index contributed by atoms with van der Waals surface area (Å²) >= 11 is 3.29. The highest BCUT2D eigenvalue weighted by molar-refractivity contribution is 9.10. The van der Waals surface area contributed by atoms with E-state index in [2.05, 4.69) is 21.2 Å². The molecule has 0 aliphatic rings. The summed E-state index contributed by atoms with van der Waals surface area (Å²) in [5, 5.41) is 11.4. The van der Waals surface area contributed by atoms with Crippen LogP contribution in [0.4, 0.5) is 0 Å². The molecular formula is C13H16BrNO4. The van der Waals surface area contributed by atoms with Crippen LogP contribution in [0.3, 0.4) is 0 Å². The molecule has 0 radical (unpaired) electrons. The van der Waals surface area contributed by atoms with Crippen molar-refractivity contribution >= 4 is 27.8 Å². The predicted octanol–water partition coefficient (Wildman–Crippen LogP) is 2.05. The number of carbonyl (C=O) groups excluding carboxylic acids is 1. The van der Waals surface area contributed by atoms with Gasteiger partial charge in [-0.15, -0.1) is 0 Å². The lowest BCUT2D eigenvalue weighted by Gasteiger charge is -2.17. The third kappa shape index (κ3) is 5.30. The second kappa shape index (κ2) is 7.13. The predicted molar refractivity (Wildman–Crippen MR) is 74.0 cm³/mol. The summed E-state index contributed by atoms with van der Waals surface area (Å²) in [6, 6.07) is 6.12. The molecule has 0 unspecified atom stereocenters. The lowest BCUT2D eigenvalue weighted by Crippen LogP contribution is -2.46. The number of carboxylic acid groups (broad SMARTS) is 1. The summed E-state index contributed by atoms with van der Waals surface area (Å²) < 4.78 is 6.17. The molecule has 0 saturated carbocycles. The highest BCUT2D eigenvalue weighted by Gasteiger charge is 2.23. The minimum Gasteiger partial charge on any atom is -0.484 e. The zero-order valence-electron chi connectivity index (χ0n) is 10.7. The van der Waals surface area contributed by atoms with Crippen LogP contribution in [0.15, 0.2) is 28.7 Å². The van der Waals surface area contributed by atoms with Crippen LogP contribution < -0.4 is 10.1 Å². The van der Waals surface area contributed by atoms with E-state index in [0.29, 0.717) is 5.75 Å². The Morgan fingerprint density at radius 2 is 1.89 bits per heavy atom. The fourth-order valence-electron chi connectivity index (χ4n) is 1.41. The van der Waals surface area contributed by atoms with Crippen molar-refractivity contribution in [2.45, 2.75) is 19.9 Å². The Kier molecular flexibility index (Phi) is 5.82. The maximum atomic E-state index is 11.6. The first kappa shape index (κ1) is 15.5. The van der Waals surface area contributed by atoms with Gasteiger partial charge < -0.3 is 15.2 Å². The van der Waals surface area contributed by atoms with E-state index in [1.165, 1.54) is 0 Å². The standard InChI is InChI=1S/C13H16BrNO4/c1-8(2)12(13(17)18)15-11(16)7-19-10-5-3-9(14)4-6-10/h3-6,8,12H,7H2,1-2H3,(H,15,16)(H,17,18)/t12-/m1/s1. The van der Waals surface area contributed by atoms with Crippen LogP contribution in [0.5, 0.6) is 5.75 Å². The molecule has 1 atom stereocenters. The molecule has 0 heterocycles. The van der Waals surface area contributed by atoms with Gasteiger partial charge in [0, 0.05) is 4.47 Å². The quantitative estimate of drug-likeness (QED) is 0.837. The van der Waals surface area contributed by atoms with Crippen LogP contribution in [0.25, 0.3) is 0 Å². The van der Waals surface area contributed by atoms with Crippen LogP contribution in [0.2, 0.25) is 0 Å². The topological polar surface area (TPSA) is 75.6 Å². The van der Waals surface area contributed by atoms with E-state index < -0.39 is 17.9 Å². The number of hydrogen-bond acceptors (Lipinski definition) is 3. The zero-order valence-corrected chi connectivity index (χ0v) is 12.3. The monoisotopic (exact) mass is 329 g/mol. The molecule has 104 valence electrons. The third-order valence-corrected chi connectivity index (χ3v) is 2.96. The Balaban J connectivity index is 2.47. The molecule has 1 aromatic rings. The van der Waals surface area contributed by atoms with E-state index in [0.717, 1.165) is 4.47 Å². The molecule has 5 nitrogen and oxygen atoms in total. The van der Waals surface area contributed by atoms with Gasteiger partial charge in [0.1, 0.15) is 11.8 Å². The van der Waals surface area contributed by atoms with Gasteiger partial charge in [-0.25, -0.2) is 4.79 Å². The SMILES string of the molecule is CC(C)[C@@H](NC(=O)COc1ccc(Br)cc1)C(=O)O. The van der Waals surface area contributed by atoms with E-state index in [9.17, 15) is 9.59 Å². The van der Waals surface area contributed by atoms with E-state index in [1.807, 2.05) is 0 Å². The maximum Gasteiger partial charge on any atom is 0.326 e. The molecule has 1 aromatic carbocycles. The van der Waals surface area contributed by atoms with E-state index in [1.54, 1.807) is 38.1 Å². The van der Waals surface area contributed by atoms with Crippen molar-refractivity contribution in [1.29, 1.82) is 0 Å². The Bertz CT molecular complexity index is 444. The van der Waals surface area contributed by atoms with Crippen molar-refractivity contribution < 1.29 is 19.4 Å². The number of nitrogens with one attached hydrogen (secondary N) is 1. The molecule has 0 spiro atoms. The van der Waals surface area contributed by atoms with Crippen molar-refractivity contribution in [3.63, 3.8) is 0 Å². The highest BCUT2D eigenvalue weighted by atomic mass is 79.9. The first-order chi connectivity index (χ1) is 8.90. The number of hydrogen-bond donors (Lipinski definition) is 2. The summed E-state index contributed by atoms with van der Waals surface area (Å²) in [5.74, 6) is -1.14. The molecule has 0 aliphatic carbocycles. The summed E-state index contributed by atoms with van der Waals surface area (Å²) in [5.41, 5.74) is 0. The first-order valence-corrected chi connectivity index (χ1v) is 6.60. The molecule has 0 aromatic heterocycles. The summed E-state index contributed by atoms with van der Waals surface area (Å²) in [6.07, 6.45) is 0. The largest absolute Gasteiger partial charge is 0.484 e. The second-order valence-corrected chi connectivity index (χ2v) is 5.29. The molecule has 19 heavy (non-hydrogen) atoms. The van der Waals surface area contributed by atoms with Crippen molar-refractivity contribution in [3.8, 4) is 5.75 Å². The van der Waals surface area contributed by atoms with Gasteiger partial charge in [0.25, 0.3) is 5.91 Å². The summed E-state index contributed by atoms with van der Waals surface area (Å²) in [7, 11) is 0. The number of benzene rings is 1. The number of amides is 1. The number of halogens is 1. The molecule has 0 saturated heterocycles. The third-order valence-electron chi connectivity index (χ3n) is 2.43. The van der Waals surface area contributed by atoms with Crippen molar-refractivity contribution in [3.05, 3.63) is 28.7 Å². The average Bonchev–Trinajstić information content (AvgIpc) is 2.34. The molecule has 1 rings (SSSR count). The minimum absolute atomic E-state index is 0.186. The average molecular weight is 330 g/mol. The first-order valence-electron chi connectivity index (χ1n) is 5.80. The highest BCUT2D eigenvalue weighted by Crippen LogP contribution is 2.15. The lowest BCUT2D eigenvalue weighted by molar-refractivity contribution is -0.143. The molecule has 1 amide bonds. The number of carbonyl (C=O) groups is 2. The Morgan fingerprint density at radius 1 is 1.32 bits per heavy atom. The number of carboxylic acids is 1. The smallest absolute Gasteiger partial charge is 0.326 e. The van der Waals surface area contributed by atoms with Crippen LogP contribution >= 0.6 is 15.9 Å². The van der Waals surface area contributed by atoms with Gasteiger partial charge in [0.2, 0.25) is 0 Å². The fraction of sp³-hybridized carbons (Fsp3) is 0.385. The van der Waals surface area contributed by atoms with Gasteiger partial charge in [-0.2, -0.15) is 0 Å². The van der Waals surface area contributed by atoms with Crippen LogP contribution in [-0.2, 0) is 9.59 Å². The van der Waals surface area contributed by atoms with Gasteiger partial charge in [-0.3, -0.25) is 4.79 Å². The van der Waals surface area contributed by atoms with E-state index in [-0.39, 0.29) is 12.5 Å². The Labute approximate surface area is 120 Å². The molecular weight excluding hydrogens is 314 g/mol. The molecule has 0 bridgehead atoms. The molecule has 2 N–H and O–H groups in total. The Morgan fingerprint density at radius 3 is 2.37 bits per heavy atom. The second-order valence-electron chi connectivity index (χ2n) is 4.37. The number of ether oxygens (including phenoxy) is 1. The number of aliphatic carboxylic acids is 1. The van der Waals surface area contributed by atoms with Gasteiger partial charge in [0.15, 0.2) is 6.61 Å². The lowest BCUT2D eigenvalue weighted by atomic mass is 10.1. The van der Waals surface area contributed by atoms with Gasteiger partial charge in [0.05, 0.1) is 0 Å². The fourth-order valence-corrected chi connectivity index (χ4v) is 1.67. The van der Waals surface area contributed by atoms with Crippen LogP contribution in [0, 0.1) is 5.92 Å². The summed E-state index contributed by atoms with van der Waals surface area (Å²) in [6.45, 7) is 3.25. The van der Waals surface area contributed by atoms with E-state index >= 15 is 0 Å². The zero-order chi connectivity index (χ0) is 14.4. The van der Waals surface area contributed by atoms with Gasteiger partial charge in [-0.05, 0) is 30.2 Å². The maximum absolute atomic E-state index is 11.6. The van der Waals surface area contributed by atoms with Crippen LogP contribution in [0.1, 0.15) is 13.8 Å². The molecule has 0 fully saturated rings. The van der Waals surface area contributed by atoms with Gasteiger partial charge in [-0.1, -0.05) is 29.8 Å². The van der Waals surface area contributed by atoms with Crippen molar-refractivity contribution in [2.75, 3.05) is 6.61 Å². The number of rotatable bonds is 6. The minimum atomic E-state index is -1.05. The van der Waals surface area contributed by atoms with Crippen LogP contribution in [-0.4, -0.2) is 29.6 Å². The van der Waals surface area contributed by atoms with Crippen molar-refractivity contribution in [2.24, 2.45) is 5.92 Å². The normalized spacial score (nSPS) is 12.0. The molecule has 6 heteroatoms. The van der Waals surface area contributed by atoms with Gasteiger partial charge >= 0.3 is 5.97 Å². The molecule has 0 aliphatic heterocycles. The van der Waals surface area contributed by atoms with E-state index in [4.69, 9.17) is 9.84 Å².